The molecular weight excluding hydrogens is 368 g/mol. The molecule has 0 bridgehead atoms. The van der Waals surface area contributed by atoms with Crippen LogP contribution in [0.2, 0.25) is 5.02 Å². The lowest BCUT2D eigenvalue weighted by molar-refractivity contribution is -0.113. The number of carbonyl (C=O) groups is 1. The van der Waals surface area contributed by atoms with Gasteiger partial charge in [-0.1, -0.05) is 43.3 Å². The molecule has 0 saturated carbocycles. The number of benzene rings is 1. The van der Waals surface area contributed by atoms with E-state index >= 15 is 0 Å². The second-order valence-corrected chi connectivity index (χ2v) is 8.34. The summed E-state index contributed by atoms with van der Waals surface area (Å²) in [6.45, 7) is 6.58. The van der Waals surface area contributed by atoms with Crippen LogP contribution < -0.4 is 10.2 Å². The van der Waals surface area contributed by atoms with Crippen molar-refractivity contribution in [2.24, 2.45) is 11.8 Å². The van der Waals surface area contributed by atoms with Gasteiger partial charge in [0.05, 0.1) is 5.75 Å². The summed E-state index contributed by atoms with van der Waals surface area (Å²) >= 11 is 7.34. The highest BCUT2D eigenvalue weighted by molar-refractivity contribution is 7.99. The average molecular weight is 391 g/mol. The number of nitrogens with one attached hydrogen (secondary N) is 1. The molecule has 1 aliphatic heterocycles. The highest BCUT2D eigenvalue weighted by atomic mass is 35.5. The monoisotopic (exact) mass is 390 g/mol. The van der Waals surface area contributed by atoms with Crippen LogP contribution in [-0.2, 0) is 4.79 Å². The van der Waals surface area contributed by atoms with Crippen molar-refractivity contribution in [3.63, 3.8) is 0 Å². The van der Waals surface area contributed by atoms with Gasteiger partial charge in [0, 0.05) is 29.9 Å². The summed E-state index contributed by atoms with van der Waals surface area (Å²) < 4.78 is 0. The zero-order valence-corrected chi connectivity index (χ0v) is 16.6. The van der Waals surface area contributed by atoms with Crippen molar-refractivity contribution >= 4 is 40.8 Å². The van der Waals surface area contributed by atoms with Gasteiger partial charge in [-0.05, 0) is 36.5 Å². The Morgan fingerprint density at radius 1 is 1.27 bits per heavy atom. The van der Waals surface area contributed by atoms with E-state index in [0.29, 0.717) is 22.5 Å². The second kappa shape index (κ2) is 8.73. The molecule has 1 N–H and O–H groups in total. The first-order valence-electron chi connectivity index (χ1n) is 8.75. The van der Waals surface area contributed by atoms with Crippen LogP contribution in [0.1, 0.15) is 20.3 Å². The minimum Gasteiger partial charge on any atom is -0.356 e. The van der Waals surface area contributed by atoms with Crippen molar-refractivity contribution in [1.29, 1.82) is 0 Å². The molecule has 3 rings (SSSR count). The van der Waals surface area contributed by atoms with Gasteiger partial charge >= 0.3 is 0 Å². The molecule has 2 aromatic rings. The van der Waals surface area contributed by atoms with E-state index < -0.39 is 0 Å². The Kier molecular flexibility index (Phi) is 6.38. The largest absolute Gasteiger partial charge is 0.356 e. The third kappa shape index (κ3) is 5.35. The lowest BCUT2D eigenvalue weighted by atomic mass is 9.92. The number of thioether (sulfide) groups is 1. The zero-order chi connectivity index (χ0) is 18.5. The molecule has 7 heteroatoms. The fraction of sp³-hybridized carbons (Fsp3) is 0.421. The first-order valence-corrected chi connectivity index (χ1v) is 10.1. The summed E-state index contributed by atoms with van der Waals surface area (Å²) in [6, 6.07) is 9.10. The molecule has 2 atom stereocenters. The van der Waals surface area contributed by atoms with Crippen LogP contribution in [0.5, 0.6) is 0 Å². The molecule has 5 nitrogen and oxygen atoms in total. The summed E-state index contributed by atoms with van der Waals surface area (Å²) in [7, 11) is 0. The summed E-state index contributed by atoms with van der Waals surface area (Å²) in [6.07, 6.45) is 2.84. The maximum atomic E-state index is 12.1. The average Bonchev–Trinajstić information content (AvgIpc) is 2.59. The van der Waals surface area contributed by atoms with E-state index in [1.165, 1.54) is 18.2 Å². The highest BCUT2D eigenvalue weighted by Crippen LogP contribution is 2.27. The molecule has 0 spiro atoms. The molecule has 1 fully saturated rings. The third-order valence-corrected chi connectivity index (χ3v) is 5.44. The summed E-state index contributed by atoms with van der Waals surface area (Å²) in [5, 5.41) is 4.25. The Morgan fingerprint density at radius 3 is 2.77 bits per heavy atom. The zero-order valence-electron chi connectivity index (χ0n) is 15.0. The smallest absolute Gasteiger partial charge is 0.234 e. The van der Waals surface area contributed by atoms with Gasteiger partial charge < -0.3 is 10.2 Å². The molecular formula is C19H23ClN4OS. The number of carbonyl (C=O) groups excluding carboxylic acids is 1. The van der Waals surface area contributed by atoms with Crippen LogP contribution in [0, 0.1) is 11.8 Å². The first-order chi connectivity index (χ1) is 12.5. The van der Waals surface area contributed by atoms with Gasteiger partial charge in [0.15, 0.2) is 0 Å². The number of nitrogens with zero attached hydrogens (tertiary/aromatic N) is 3. The number of amides is 1. The predicted molar refractivity (Wildman–Crippen MR) is 108 cm³/mol. The molecule has 1 amide bonds. The summed E-state index contributed by atoms with van der Waals surface area (Å²) in [5.74, 6) is 2.46. The van der Waals surface area contributed by atoms with Gasteiger partial charge in [0.25, 0.3) is 0 Å². The normalized spacial score (nSPS) is 20.0. The minimum absolute atomic E-state index is 0.0855. The van der Waals surface area contributed by atoms with Gasteiger partial charge in [-0.15, -0.1) is 0 Å². The van der Waals surface area contributed by atoms with Crippen molar-refractivity contribution in [2.75, 3.05) is 29.1 Å². The minimum atomic E-state index is -0.0855. The van der Waals surface area contributed by atoms with E-state index in [-0.39, 0.29) is 11.7 Å². The first kappa shape index (κ1) is 19.0. The van der Waals surface area contributed by atoms with Crippen LogP contribution in [0.25, 0.3) is 0 Å². The number of piperidine rings is 1. The number of anilines is 2. The van der Waals surface area contributed by atoms with E-state index in [1.54, 1.807) is 18.5 Å². The van der Waals surface area contributed by atoms with Crippen molar-refractivity contribution in [3.8, 4) is 0 Å². The highest BCUT2D eigenvalue weighted by Gasteiger charge is 2.23. The number of rotatable bonds is 5. The Bertz CT molecular complexity index is 763. The molecule has 2 heterocycles. The summed E-state index contributed by atoms with van der Waals surface area (Å²) in [4.78, 5) is 23.2. The molecule has 0 aliphatic carbocycles. The van der Waals surface area contributed by atoms with Crippen LogP contribution in [0.15, 0.2) is 41.7 Å². The maximum Gasteiger partial charge on any atom is 0.234 e. The number of hydrogen-bond donors (Lipinski definition) is 1. The Morgan fingerprint density at radius 2 is 2.04 bits per heavy atom. The van der Waals surface area contributed by atoms with Gasteiger partial charge in [-0.25, -0.2) is 9.97 Å². The van der Waals surface area contributed by atoms with Crippen LogP contribution >= 0.6 is 23.4 Å². The van der Waals surface area contributed by atoms with E-state index in [1.807, 2.05) is 18.2 Å². The van der Waals surface area contributed by atoms with E-state index in [4.69, 9.17) is 11.6 Å². The fourth-order valence-corrected chi connectivity index (χ4v) is 4.19. The van der Waals surface area contributed by atoms with Crippen LogP contribution in [-0.4, -0.2) is 34.7 Å². The number of halogens is 1. The molecule has 1 aromatic heterocycles. The standard InChI is InChI=1S/C19H23ClN4OS/c1-13-6-14(2)10-24(9-13)17-8-19(22-12-21-17)26-11-18(25)23-16-5-3-4-15(20)7-16/h3-5,7-8,12-14H,6,9-11H2,1-2H3,(H,23,25)/t13-,14+. The molecule has 0 unspecified atom stereocenters. The maximum absolute atomic E-state index is 12.1. The molecule has 1 aromatic carbocycles. The summed E-state index contributed by atoms with van der Waals surface area (Å²) in [5.41, 5.74) is 0.697. The van der Waals surface area contributed by atoms with Gasteiger partial charge in [-0.2, -0.15) is 0 Å². The van der Waals surface area contributed by atoms with Crippen molar-refractivity contribution < 1.29 is 4.79 Å². The van der Waals surface area contributed by atoms with Crippen molar-refractivity contribution in [3.05, 3.63) is 41.7 Å². The van der Waals surface area contributed by atoms with Gasteiger partial charge in [0.1, 0.15) is 17.2 Å². The fourth-order valence-electron chi connectivity index (χ4n) is 3.33. The van der Waals surface area contributed by atoms with Crippen LogP contribution in [0.4, 0.5) is 11.5 Å². The number of aromatic nitrogens is 2. The van der Waals surface area contributed by atoms with Gasteiger partial charge in [0.2, 0.25) is 5.91 Å². The third-order valence-electron chi connectivity index (χ3n) is 4.28. The Labute approximate surface area is 163 Å². The molecule has 0 radical (unpaired) electrons. The predicted octanol–water partition coefficient (Wildman–Crippen LogP) is 4.34. The number of hydrogen-bond acceptors (Lipinski definition) is 5. The second-order valence-electron chi connectivity index (χ2n) is 6.91. The van der Waals surface area contributed by atoms with Crippen molar-refractivity contribution in [2.45, 2.75) is 25.3 Å². The topological polar surface area (TPSA) is 58.1 Å². The molecule has 138 valence electrons. The van der Waals surface area contributed by atoms with Crippen molar-refractivity contribution in [1.82, 2.24) is 9.97 Å². The van der Waals surface area contributed by atoms with E-state index in [2.05, 4.69) is 34.0 Å². The molecule has 1 saturated heterocycles. The molecule has 26 heavy (non-hydrogen) atoms. The Balaban J connectivity index is 1.57. The van der Waals surface area contributed by atoms with Crippen LogP contribution in [0.3, 0.4) is 0 Å². The van der Waals surface area contributed by atoms with E-state index in [9.17, 15) is 4.79 Å². The Hall–Kier alpha value is -1.79. The van der Waals surface area contributed by atoms with Gasteiger partial charge in [-0.3, -0.25) is 4.79 Å². The quantitative estimate of drug-likeness (QED) is 0.607. The SMILES string of the molecule is C[C@@H]1C[C@H](C)CN(c2cc(SCC(=O)Nc3cccc(Cl)c3)ncn2)C1. The molecule has 1 aliphatic rings. The lowest BCUT2D eigenvalue weighted by Crippen LogP contribution is -2.39. The lowest BCUT2D eigenvalue weighted by Gasteiger charge is -2.35. The van der Waals surface area contributed by atoms with E-state index in [0.717, 1.165) is 23.9 Å².